The van der Waals surface area contributed by atoms with E-state index in [1.54, 1.807) is 0 Å². The minimum atomic E-state index is 1.01. The highest BCUT2D eigenvalue weighted by atomic mass is 15.3. The van der Waals surface area contributed by atoms with E-state index >= 15 is 0 Å². The first-order valence-electron chi connectivity index (χ1n) is 6.67. The van der Waals surface area contributed by atoms with Crippen molar-refractivity contribution in [2.75, 3.05) is 31.1 Å². The lowest BCUT2D eigenvalue weighted by molar-refractivity contribution is 0.724. The molecule has 0 atom stereocenters. The Morgan fingerprint density at radius 3 is 2.83 bits per heavy atom. The van der Waals surface area contributed by atoms with Crippen LogP contribution in [0.2, 0.25) is 0 Å². The van der Waals surface area contributed by atoms with Crippen molar-refractivity contribution in [1.29, 1.82) is 0 Å². The third-order valence-corrected chi connectivity index (χ3v) is 3.72. The third-order valence-electron chi connectivity index (χ3n) is 3.72. The molecular weight excluding hydrogens is 224 g/mol. The summed E-state index contributed by atoms with van der Waals surface area (Å²) in [4.78, 5) is 10.5. The number of anilines is 1. The van der Waals surface area contributed by atoms with Gasteiger partial charge in [0.1, 0.15) is 0 Å². The molecule has 4 nitrogen and oxygen atoms in total. The molecule has 2 aromatic rings. The molecule has 0 radical (unpaired) electrons. The Labute approximate surface area is 107 Å². The van der Waals surface area contributed by atoms with E-state index in [1.807, 2.05) is 0 Å². The zero-order chi connectivity index (χ0) is 12.5. The fraction of sp³-hybridized carbons (Fsp3) is 0.500. The van der Waals surface area contributed by atoms with Gasteiger partial charge in [-0.3, -0.25) is 0 Å². The Bertz CT molecular complexity index is 511. The normalized spacial score (nSPS) is 17.1. The highest BCUT2D eigenvalue weighted by Gasteiger charge is 2.13. The van der Waals surface area contributed by atoms with Gasteiger partial charge in [0.15, 0.2) is 0 Å². The van der Waals surface area contributed by atoms with Crippen LogP contribution in [-0.2, 0) is 0 Å². The first-order chi connectivity index (χ1) is 8.74. The van der Waals surface area contributed by atoms with Crippen LogP contribution in [0, 0.1) is 13.8 Å². The molecule has 1 aromatic heterocycles. The lowest BCUT2D eigenvalue weighted by Gasteiger charge is -2.18. The Balaban J connectivity index is 1.96. The molecule has 1 saturated heterocycles. The van der Waals surface area contributed by atoms with Crippen LogP contribution in [0.15, 0.2) is 12.1 Å². The van der Waals surface area contributed by atoms with Crippen LogP contribution >= 0.6 is 0 Å². The zero-order valence-corrected chi connectivity index (χ0v) is 11.1. The van der Waals surface area contributed by atoms with E-state index in [1.165, 1.54) is 17.5 Å². The summed E-state index contributed by atoms with van der Waals surface area (Å²) in [7, 11) is 0. The van der Waals surface area contributed by atoms with E-state index in [0.29, 0.717) is 0 Å². The van der Waals surface area contributed by atoms with Gasteiger partial charge in [0, 0.05) is 19.6 Å². The standard InChI is InChI=1S/C14H20N4/c1-10-8-12-13(9-11(10)2)17-14(16-12)18-6-3-4-15-5-7-18/h8-9,15H,3-7H2,1-2H3,(H,16,17). The van der Waals surface area contributed by atoms with Crippen molar-refractivity contribution < 1.29 is 0 Å². The highest BCUT2D eigenvalue weighted by molar-refractivity contribution is 5.79. The van der Waals surface area contributed by atoms with Gasteiger partial charge in [-0.1, -0.05) is 0 Å². The predicted molar refractivity (Wildman–Crippen MR) is 75.3 cm³/mol. The highest BCUT2D eigenvalue weighted by Crippen LogP contribution is 2.21. The first kappa shape index (κ1) is 11.5. The largest absolute Gasteiger partial charge is 0.341 e. The molecule has 2 heterocycles. The van der Waals surface area contributed by atoms with Gasteiger partial charge in [0.05, 0.1) is 11.0 Å². The SMILES string of the molecule is Cc1cc2nc(N3CCCNCC3)[nH]c2cc1C. The molecule has 1 fully saturated rings. The van der Waals surface area contributed by atoms with Crippen LogP contribution in [-0.4, -0.2) is 36.1 Å². The van der Waals surface area contributed by atoms with Gasteiger partial charge < -0.3 is 15.2 Å². The summed E-state index contributed by atoms with van der Waals surface area (Å²) in [6.07, 6.45) is 1.18. The zero-order valence-electron chi connectivity index (χ0n) is 11.1. The third kappa shape index (κ3) is 2.08. The summed E-state index contributed by atoms with van der Waals surface area (Å²) in [6, 6.07) is 4.36. The molecular formula is C14H20N4. The van der Waals surface area contributed by atoms with Gasteiger partial charge in [-0.05, 0) is 50.1 Å². The number of aromatic amines is 1. The van der Waals surface area contributed by atoms with Crippen LogP contribution in [0.4, 0.5) is 5.95 Å². The number of rotatable bonds is 1. The molecule has 0 amide bonds. The number of benzene rings is 1. The smallest absolute Gasteiger partial charge is 0.203 e. The molecule has 4 heteroatoms. The second-order valence-electron chi connectivity index (χ2n) is 5.10. The van der Waals surface area contributed by atoms with E-state index in [9.17, 15) is 0 Å². The van der Waals surface area contributed by atoms with E-state index in [-0.39, 0.29) is 0 Å². The lowest BCUT2D eigenvalue weighted by atomic mass is 10.1. The van der Waals surface area contributed by atoms with E-state index in [2.05, 4.69) is 41.2 Å². The Kier molecular flexibility index (Phi) is 2.96. The number of nitrogens with zero attached hydrogens (tertiary/aromatic N) is 2. The fourth-order valence-electron chi connectivity index (χ4n) is 2.46. The van der Waals surface area contributed by atoms with Gasteiger partial charge in [0.2, 0.25) is 5.95 Å². The number of aryl methyl sites for hydroxylation is 2. The minimum Gasteiger partial charge on any atom is -0.341 e. The molecule has 3 rings (SSSR count). The number of fused-ring (bicyclic) bond motifs is 1. The molecule has 0 saturated carbocycles. The van der Waals surface area contributed by atoms with Crippen molar-refractivity contribution in [3.8, 4) is 0 Å². The molecule has 1 aliphatic rings. The number of H-pyrrole nitrogens is 1. The summed E-state index contributed by atoms with van der Waals surface area (Å²) in [5, 5.41) is 3.42. The van der Waals surface area contributed by atoms with E-state index in [4.69, 9.17) is 4.98 Å². The molecule has 0 spiro atoms. The summed E-state index contributed by atoms with van der Waals surface area (Å²) in [6.45, 7) is 8.52. The average molecular weight is 244 g/mol. The van der Waals surface area contributed by atoms with Crippen molar-refractivity contribution in [2.24, 2.45) is 0 Å². The fourth-order valence-corrected chi connectivity index (χ4v) is 2.46. The van der Waals surface area contributed by atoms with Crippen LogP contribution < -0.4 is 10.2 Å². The Hall–Kier alpha value is -1.55. The molecule has 2 N–H and O–H groups in total. The first-order valence-corrected chi connectivity index (χ1v) is 6.67. The van der Waals surface area contributed by atoms with Gasteiger partial charge in [0.25, 0.3) is 0 Å². The van der Waals surface area contributed by atoms with Crippen LogP contribution in [0.5, 0.6) is 0 Å². The summed E-state index contributed by atoms with van der Waals surface area (Å²) < 4.78 is 0. The van der Waals surface area contributed by atoms with Crippen LogP contribution in [0.25, 0.3) is 11.0 Å². The van der Waals surface area contributed by atoms with E-state index < -0.39 is 0 Å². The topological polar surface area (TPSA) is 44.0 Å². The quantitative estimate of drug-likeness (QED) is 0.806. The van der Waals surface area contributed by atoms with Crippen molar-refractivity contribution in [2.45, 2.75) is 20.3 Å². The molecule has 0 bridgehead atoms. The van der Waals surface area contributed by atoms with Crippen molar-refractivity contribution in [3.63, 3.8) is 0 Å². The van der Waals surface area contributed by atoms with Gasteiger partial charge in [-0.25, -0.2) is 4.98 Å². The molecule has 1 aliphatic heterocycles. The number of hydrogen-bond donors (Lipinski definition) is 2. The number of nitrogens with one attached hydrogen (secondary N) is 2. The Morgan fingerprint density at radius 1 is 1.11 bits per heavy atom. The molecule has 0 unspecified atom stereocenters. The predicted octanol–water partition coefficient (Wildman–Crippen LogP) is 1.98. The molecule has 1 aromatic carbocycles. The second-order valence-corrected chi connectivity index (χ2v) is 5.10. The van der Waals surface area contributed by atoms with E-state index in [0.717, 1.165) is 43.2 Å². The molecule has 0 aliphatic carbocycles. The number of aromatic nitrogens is 2. The summed E-state index contributed by atoms with van der Waals surface area (Å²) in [5.74, 6) is 1.01. The van der Waals surface area contributed by atoms with Gasteiger partial charge in [-0.2, -0.15) is 0 Å². The van der Waals surface area contributed by atoms with Gasteiger partial charge in [-0.15, -0.1) is 0 Å². The lowest BCUT2D eigenvalue weighted by Crippen LogP contribution is -2.28. The van der Waals surface area contributed by atoms with Crippen molar-refractivity contribution in [1.82, 2.24) is 15.3 Å². The average Bonchev–Trinajstić information content (AvgIpc) is 2.60. The van der Waals surface area contributed by atoms with Crippen molar-refractivity contribution >= 4 is 17.0 Å². The van der Waals surface area contributed by atoms with Gasteiger partial charge >= 0.3 is 0 Å². The van der Waals surface area contributed by atoms with Crippen LogP contribution in [0.1, 0.15) is 17.5 Å². The maximum Gasteiger partial charge on any atom is 0.203 e. The Morgan fingerprint density at radius 2 is 1.94 bits per heavy atom. The van der Waals surface area contributed by atoms with Crippen LogP contribution in [0.3, 0.4) is 0 Å². The summed E-state index contributed by atoms with van der Waals surface area (Å²) >= 11 is 0. The minimum absolute atomic E-state index is 1.01. The number of imidazole rings is 1. The number of hydrogen-bond acceptors (Lipinski definition) is 3. The maximum absolute atomic E-state index is 4.72. The van der Waals surface area contributed by atoms with Crippen molar-refractivity contribution in [3.05, 3.63) is 23.3 Å². The monoisotopic (exact) mass is 244 g/mol. The summed E-state index contributed by atoms with van der Waals surface area (Å²) in [5.41, 5.74) is 4.84. The second kappa shape index (κ2) is 4.61. The maximum atomic E-state index is 4.72. The molecule has 96 valence electrons. The molecule has 18 heavy (non-hydrogen) atoms.